The van der Waals surface area contributed by atoms with Gasteiger partial charge in [-0.2, -0.15) is 0 Å². The van der Waals surface area contributed by atoms with E-state index in [0.717, 1.165) is 30.3 Å². The standard InChI is InChI=1S/C10H16N4/c1-10(2,3)8-7-9(14-6-13-8)12-5-4-11-7/h6,11H,4-5H2,1-3H3,(H,12,13,14). The first-order chi connectivity index (χ1) is 6.59. The van der Waals surface area contributed by atoms with Crippen molar-refractivity contribution in [1.29, 1.82) is 0 Å². The van der Waals surface area contributed by atoms with Crippen LogP contribution in [0.1, 0.15) is 26.5 Å². The Morgan fingerprint density at radius 1 is 1.14 bits per heavy atom. The van der Waals surface area contributed by atoms with Crippen molar-refractivity contribution >= 4 is 11.5 Å². The third-order valence-corrected chi connectivity index (χ3v) is 2.28. The van der Waals surface area contributed by atoms with Crippen LogP contribution in [0.15, 0.2) is 6.33 Å². The number of aromatic nitrogens is 2. The second kappa shape index (κ2) is 3.12. The summed E-state index contributed by atoms with van der Waals surface area (Å²) in [5.41, 5.74) is 2.19. The van der Waals surface area contributed by atoms with Crippen LogP contribution < -0.4 is 10.6 Å². The molecule has 14 heavy (non-hydrogen) atoms. The Hall–Kier alpha value is -1.32. The van der Waals surface area contributed by atoms with Gasteiger partial charge in [0.1, 0.15) is 6.33 Å². The van der Waals surface area contributed by atoms with E-state index >= 15 is 0 Å². The first kappa shape index (κ1) is 9.24. The van der Waals surface area contributed by atoms with Crippen LogP contribution in [0.25, 0.3) is 0 Å². The van der Waals surface area contributed by atoms with Gasteiger partial charge in [0.05, 0.1) is 11.4 Å². The molecule has 4 heteroatoms. The smallest absolute Gasteiger partial charge is 0.153 e. The fourth-order valence-corrected chi connectivity index (χ4v) is 1.62. The number of rotatable bonds is 0. The zero-order valence-corrected chi connectivity index (χ0v) is 8.89. The fourth-order valence-electron chi connectivity index (χ4n) is 1.62. The maximum atomic E-state index is 4.35. The van der Waals surface area contributed by atoms with E-state index in [4.69, 9.17) is 0 Å². The van der Waals surface area contributed by atoms with Crippen molar-refractivity contribution in [3.8, 4) is 0 Å². The van der Waals surface area contributed by atoms with Crippen LogP contribution in [0, 0.1) is 0 Å². The lowest BCUT2D eigenvalue weighted by atomic mass is 9.90. The van der Waals surface area contributed by atoms with Crippen molar-refractivity contribution in [1.82, 2.24) is 9.97 Å². The first-order valence-corrected chi connectivity index (χ1v) is 4.92. The molecule has 0 unspecified atom stereocenters. The maximum Gasteiger partial charge on any atom is 0.153 e. The van der Waals surface area contributed by atoms with Crippen molar-refractivity contribution in [2.75, 3.05) is 23.7 Å². The highest BCUT2D eigenvalue weighted by Gasteiger charge is 2.23. The lowest BCUT2D eigenvalue weighted by Gasteiger charge is -2.26. The van der Waals surface area contributed by atoms with E-state index in [2.05, 4.69) is 41.4 Å². The molecule has 0 saturated heterocycles. The molecule has 0 atom stereocenters. The predicted octanol–water partition coefficient (Wildman–Crippen LogP) is 1.61. The van der Waals surface area contributed by atoms with Crippen LogP contribution in [0.5, 0.6) is 0 Å². The molecule has 0 radical (unpaired) electrons. The SMILES string of the molecule is CC(C)(C)c1ncnc2c1NCCN2. The third kappa shape index (κ3) is 1.52. The second-order valence-corrected chi connectivity index (χ2v) is 4.55. The second-order valence-electron chi connectivity index (χ2n) is 4.55. The Balaban J connectivity index is 2.51. The zero-order valence-electron chi connectivity index (χ0n) is 8.89. The van der Waals surface area contributed by atoms with Crippen molar-refractivity contribution < 1.29 is 0 Å². The molecule has 2 rings (SSSR count). The van der Waals surface area contributed by atoms with E-state index in [0.29, 0.717) is 0 Å². The van der Waals surface area contributed by atoms with Gasteiger partial charge in [-0.3, -0.25) is 0 Å². The van der Waals surface area contributed by atoms with Gasteiger partial charge in [0, 0.05) is 18.5 Å². The van der Waals surface area contributed by atoms with Crippen LogP contribution in [0.3, 0.4) is 0 Å². The van der Waals surface area contributed by atoms with Crippen molar-refractivity contribution in [2.24, 2.45) is 0 Å². The summed E-state index contributed by atoms with van der Waals surface area (Å²) in [5, 5.41) is 6.61. The molecule has 4 nitrogen and oxygen atoms in total. The van der Waals surface area contributed by atoms with Crippen LogP contribution in [-0.4, -0.2) is 23.1 Å². The number of anilines is 2. The van der Waals surface area contributed by atoms with Gasteiger partial charge in [0.2, 0.25) is 0 Å². The summed E-state index contributed by atoms with van der Waals surface area (Å²) in [6, 6.07) is 0. The van der Waals surface area contributed by atoms with Gasteiger partial charge in [-0.25, -0.2) is 9.97 Å². The fraction of sp³-hybridized carbons (Fsp3) is 0.600. The molecule has 0 aromatic carbocycles. The van der Waals surface area contributed by atoms with Crippen molar-refractivity contribution in [2.45, 2.75) is 26.2 Å². The highest BCUT2D eigenvalue weighted by Crippen LogP contribution is 2.32. The topological polar surface area (TPSA) is 49.8 Å². The molecular formula is C10H16N4. The molecule has 1 aromatic rings. The van der Waals surface area contributed by atoms with Crippen molar-refractivity contribution in [3.05, 3.63) is 12.0 Å². The largest absolute Gasteiger partial charge is 0.379 e. The summed E-state index contributed by atoms with van der Waals surface area (Å²) in [4.78, 5) is 8.56. The molecule has 0 amide bonds. The lowest BCUT2D eigenvalue weighted by molar-refractivity contribution is 0.568. The minimum atomic E-state index is 0.0546. The Bertz CT molecular complexity index is 340. The van der Waals surface area contributed by atoms with Gasteiger partial charge >= 0.3 is 0 Å². The normalized spacial score (nSPS) is 15.4. The molecule has 0 aliphatic carbocycles. The summed E-state index contributed by atoms with van der Waals surface area (Å²) < 4.78 is 0. The molecule has 0 fully saturated rings. The summed E-state index contributed by atoms with van der Waals surface area (Å²) in [6.07, 6.45) is 1.62. The van der Waals surface area contributed by atoms with E-state index in [-0.39, 0.29) is 5.41 Å². The van der Waals surface area contributed by atoms with E-state index in [9.17, 15) is 0 Å². The molecule has 0 spiro atoms. The van der Waals surface area contributed by atoms with Gasteiger partial charge in [-0.15, -0.1) is 0 Å². The molecule has 0 bridgehead atoms. The summed E-state index contributed by atoms with van der Waals surface area (Å²) in [7, 11) is 0. The molecule has 0 saturated carbocycles. The average molecular weight is 192 g/mol. The summed E-state index contributed by atoms with van der Waals surface area (Å²) >= 11 is 0. The van der Waals surface area contributed by atoms with Crippen LogP contribution in [-0.2, 0) is 5.41 Å². The van der Waals surface area contributed by atoms with Gasteiger partial charge in [0.25, 0.3) is 0 Å². The minimum Gasteiger partial charge on any atom is -0.379 e. The third-order valence-electron chi connectivity index (χ3n) is 2.28. The highest BCUT2D eigenvalue weighted by molar-refractivity contribution is 5.69. The zero-order chi connectivity index (χ0) is 10.2. The lowest BCUT2D eigenvalue weighted by Crippen LogP contribution is -2.26. The predicted molar refractivity (Wildman–Crippen MR) is 57.7 cm³/mol. The molecule has 1 aromatic heterocycles. The average Bonchev–Trinajstić information content (AvgIpc) is 2.15. The molecule has 1 aliphatic heterocycles. The molecular weight excluding hydrogens is 176 g/mol. The van der Waals surface area contributed by atoms with Gasteiger partial charge < -0.3 is 10.6 Å². The maximum absolute atomic E-state index is 4.35. The summed E-state index contributed by atoms with van der Waals surface area (Å²) in [5.74, 6) is 0.927. The molecule has 2 heterocycles. The Morgan fingerprint density at radius 3 is 2.57 bits per heavy atom. The number of nitrogens with one attached hydrogen (secondary N) is 2. The molecule has 76 valence electrons. The number of fused-ring (bicyclic) bond motifs is 1. The quantitative estimate of drug-likeness (QED) is 0.655. The first-order valence-electron chi connectivity index (χ1n) is 4.92. The van der Waals surface area contributed by atoms with Gasteiger partial charge in [0.15, 0.2) is 5.82 Å². The Morgan fingerprint density at radius 2 is 1.86 bits per heavy atom. The van der Waals surface area contributed by atoms with E-state index in [1.807, 2.05) is 0 Å². The van der Waals surface area contributed by atoms with Crippen LogP contribution in [0.4, 0.5) is 11.5 Å². The van der Waals surface area contributed by atoms with Crippen LogP contribution >= 0.6 is 0 Å². The molecule has 2 N–H and O–H groups in total. The van der Waals surface area contributed by atoms with Crippen molar-refractivity contribution in [3.63, 3.8) is 0 Å². The minimum absolute atomic E-state index is 0.0546. The van der Waals surface area contributed by atoms with E-state index < -0.39 is 0 Å². The number of hydrogen-bond acceptors (Lipinski definition) is 4. The highest BCUT2D eigenvalue weighted by atomic mass is 15.1. The molecule has 1 aliphatic rings. The number of hydrogen-bond donors (Lipinski definition) is 2. The van der Waals surface area contributed by atoms with E-state index in [1.165, 1.54) is 0 Å². The van der Waals surface area contributed by atoms with Gasteiger partial charge in [-0.1, -0.05) is 20.8 Å². The Labute approximate surface area is 84.2 Å². The van der Waals surface area contributed by atoms with Gasteiger partial charge in [-0.05, 0) is 0 Å². The number of nitrogens with zero attached hydrogens (tertiary/aromatic N) is 2. The summed E-state index contributed by atoms with van der Waals surface area (Å²) in [6.45, 7) is 8.33. The monoisotopic (exact) mass is 192 g/mol. The van der Waals surface area contributed by atoms with E-state index in [1.54, 1.807) is 6.33 Å². The Kier molecular flexibility index (Phi) is 2.06. The van der Waals surface area contributed by atoms with Crippen LogP contribution in [0.2, 0.25) is 0 Å².